The summed E-state index contributed by atoms with van der Waals surface area (Å²) in [6.07, 6.45) is 0. The third-order valence-electron chi connectivity index (χ3n) is 2.56. The Morgan fingerprint density at radius 2 is 2.17 bits per heavy atom. The molecule has 5 nitrogen and oxygen atoms in total. The lowest BCUT2D eigenvalue weighted by Gasteiger charge is -2.47. The average molecular weight is 307 g/mol. The highest BCUT2D eigenvalue weighted by Gasteiger charge is 2.52. The molecule has 0 aromatic heterocycles. The predicted octanol–water partition coefficient (Wildman–Crippen LogP) is 1.06. The Bertz CT molecular complexity index is 449. The van der Waals surface area contributed by atoms with Gasteiger partial charge in [0.15, 0.2) is 0 Å². The van der Waals surface area contributed by atoms with E-state index in [4.69, 9.17) is 21.8 Å². The van der Waals surface area contributed by atoms with Gasteiger partial charge in [0.1, 0.15) is 17.1 Å². The molecule has 18 heavy (non-hydrogen) atoms. The van der Waals surface area contributed by atoms with E-state index in [2.05, 4.69) is 0 Å². The van der Waals surface area contributed by atoms with Gasteiger partial charge in [-0.3, -0.25) is 9.69 Å². The van der Waals surface area contributed by atoms with Crippen molar-refractivity contribution in [3.05, 3.63) is 10.7 Å². The van der Waals surface area contributed by atoms with Crippen LogP contribution in [0.2, 0.25) is 19.6 Å². The van der Waals surface area contributed by atoms with Gasteiger partial charge in [-0.2, -0.15) is 0 Å². The summed E-state index contributed by atoms with van der Waals surface area (Å²) in [5.41, 5.74) is 5.87. The molecule has 1 amide bonds. The van der Waals surface area contributed by atoms with Crippen LogP contribution >= 0.6 is 23.4 Å². The molecule has 2 aliphatic rings. The summed E-state index contributed by atoms with van der Waals surface area (Å²) in [6.45, 7) is 5.70. The molecule has 0 aliphatic carbocycles. The van der Waals surface area contributed by atoms with Gasteiger partial charge in [0.05, 0.1) is 5.03 Å². The van der Waals surface area contributed by atoms with Crippen molar-refractivity contribution >= 4 is 43.6 Å². The molecule has 0 spiro atoms. The second kappa shape index (κ2) is 4.55. The topological polar surface area (TPSA) is 72.6 Å². The van der Waals surface area contributed by atoms with Gasteiger partial charge in [0, 0.05) is 5.75 Å². The van der Waals surface area contributed by atoms with Crippen molar-refractivity contribution < 1.29 is 14.0 Å². The van der Waals surface area contributed by atoms with Gasteiger partial charge in [0.25, 0.3) is 0 Å². The van der Waals surface area contributed by atoms with Crippen molar-refractivity contribution in [2.75, 3.05) is 5.75 Å². The second-order valence-corrected chi connectivity index (χ2v) is 11.2. The number of nitrogens with zero attached hydrogens (tertiary/aromatic N) is 1. The number of carbonyl (C=O) groups excluding carboxylic acids is 2. The maximum atomic E-state index is 12.1. The van der Waals surface area contributed by atoms with Gasteiger partial charge in [-0.15, -0.1) is 11.8 Å². The fourth-order valence-corrected chi connectivity index (χ4v) is 3.94. The molecule has 2 heterocycles. The molecule has 0 radical (unpaired) electrons. The largest absolute Gasteiger partial charge is 0.515 e. The lowest BCUT2D eigenvalue weighted by atomic mass is 10.1. The molecule has 8 heteroatoms. The number of β-lactam (4-membered cyclic amide) rings is 1. The Labute approximate surface area is 116 Å². The number of carbonyl (C=O) groups is 2. The van der Waals surface area contributed by atoms with E-state index >= 15 is 0 Å². The highest BCUT2D eigenvalue weighted by atomic mass is 35.5. The van der Waals surface area contributed by atoms with Crippen LogP contribution in [0.5, 0.6) is 0 Å². The van der Waals surface area contributed by atoms with Crippen LogP contribution in [-0.4, -0.2) is 42.3 Å². The van der Waals surface area contributed by atoms with Crippen molar-refractivity contribution in [3.8, 4) is 0 Å². The van der Waals surface area contributed by atoms with Crippen LogP contribution in [-0.2, 0) is 14.0 Å². The van der Waals surface area contributed by atoms with Gasteiger partial charge in [-0.05, 0) is 19.6 Å². The van der Waals surface area contributed by atoms with Crippen LogP contribution in [0.15, 0.2) is 10.7 Å². The van der Waals surface area contributed by atoms with Crippen LogP contribution in [0.3, 0.4) is 0 Å². The molecule has 0 bridgehead atoms. The van der Waals surface area contributed by atoms with E-state index in [0.29, 0.717) is 10.8 Å². The zero-order valence-corrected chi connectivity index (χ0v) is 13.0. The fourth-order valence-electron chi connectivity index (χ4n) is 1.80. The SMILES string of the molecule is C[Si](C)(C)OC(=O)C1=C(Cl)CS[C@H]2[C@H](N)C(=O)N12. The summed E-state index contributed by atoms with van der Waals surface area (Å²) >= 11 is 7.52. The van der Waals surface area contributed by atoms with Crippen molar-refractivity contribution in [2.45, 2.75) is 31.1 Å². The number of amides is 1. The normalized spacial score (nSPS) is 27.8. The first-order valence-electron chi connectivity index (χ1n) is 5.54. The Hall–Kier alpha value is -0.503. The maximum absolute atomic E-state index is 12.1. The van der Waals surface area contributed by atoms with E-state index in [1.807, 2.05) is 19.6 Å². The van der Waals surface area contributed by atoms with Crippen LogP contribution in [0, 0.1) is 0 Å². The lowest BCUT2D eigenvalue weighted by Crippen LogP contribution is -2.68. The standard InChI is InChI=1S/C10H15ClN2O3SSi/c1-18(2,3)16-10(15)7-5(11)4-17-9-6(12)8(14)13(7)9/h6,9H,4,12H2,1-3H3/t6-,9+/m1/s1. The quantitative estimate of drug-likeness (QED) is 0.610. The van der Waals surface area contributed by atoms with Crippen LogP contribution in [0.4, 0.5) is 0 Å². The zero-order chi connectivity index (χ0) is 13.7. The molecule has 1 saturated heterocycles. The van der Waals surface area contributed by atoms with Crippen molar-refractivity contribution in [3.63, 3.8) is 0 Å². The number of hydrogen-bond acceptors (Lipinski definition) is 5. The fraction of sp³-hybridized carbons (Fsp3) is 0.600. The Morgan fingerprint density at radius 3 is 2.72 bits per heavy atom. The van der Waals surface area contributed by atoms with E-state index in [1.54, 1.807) is 0 Å². The second-order valence-electron chi connectivity index (χ2n) is 5.19. The molecule has 2 N–H and O–H groups in total. The summed E-state index contributed by atoms with van der Waals surface area (Å²) in [6, 6.07) is -0.547. The van der Waals surface area contributed by atoms with E-state index in [9.17, 15) is 9.59 Å². The Morgan fingerprint density at radius 1 is 1.56 bits per heavy atom. The van der Waals surface area contributed by atoms with E-state index in [0.717, 1.165) is 0 Å². The molecule has 2 rings (SSSR count). The Balaban J connectivity index is 2.25. The summed E-state index contributed by atoms with van der Waals surface area (Å²) < 4.78 is 5.40. The highest BCUT2D eigenvalue weighted by molar-refractivity contribution is 8.00. The molecular weight excluding hydrogens is 292 g/mol. The molecular formula is C10H15ClN2O3SSi. The molecule has 0 unspecified atom stereocenters. The smallest absolute Gasteiger partial charge is 0.343 e. The minimum absolute atomic E-state index is 0.176. The van der Waals surface area contributed by atoms with Gasteiger partial charge in [-0.1, -0.05) is 11.6 Å². The summed E-state index contributed by atoms with van der Waals surface area (Å²) in [4.78, 5) is 25.2. The summed E-state index contributed by atoms with van der Waals surface area (Å²) in [7, 11) is -2.02. The van der Waals surface area contributed by atoms with Gasteiger partial charge in [-0.25, -0.2) is 4.79 Å². The van der Waals surface area contributed by atoms with Crippen LogP contribution in [0.25, 0.3) is 0 Å². The lowest BCUT2D eigenvalue weighted by molar-refractivity contribution is -0.147. The number of hydrogen-bond donors (Lipinski definition) is 1. The van der Waals surface area contributed by atoms with E-state index in [1.165, 1.54) is 16.7 Å². The zero-order valence-electron chi connectivity index (χ0n) is 10.4. The molecule has 0 aromatic rings. The molecule has 0 aromatic carbocycles. The third-order valence-corrected chi connectivity index (χ3v) is 5.12. The predicted molar refractivity (Wildman–Crippen MR) is 73.4 cm³/mol. The number of nitrogens with two attached hydrogens (primary N) is 1. The van der Waals surface area contributed by atoms with E-state index < -0.39 is 20.3 Å². The molecule has 100 valence electrons. The minimum atomic E-state index is -2.02. The first-order chi connectivity index (χ1) is 8.22. The first-order valence-corrected chi connectivity index (χ1v) is 10.4. The summed E-state index contributed by atoms with van der Waals surface area (Å²) in [5.74, 6) is -0.294. The van der Waals surface area contributed by atoms with Crippen LogP contribution in [0.1, 0.15) is 0 Å². The Kier molecular flexibility index (Phi) is 3.52. The number of thioether (sulfide) groups is 1. The van der Waals surface area contributed by atoms with Crippen molar-refractivity contribution in [2.24, 2.45) is 5.73 Å². The molecule has 2 aliphatic heterocycles. The van der Waals surface area contributed by atoms with Crippen LogP contribution < -0.4 is 5.73 Å². The molecule has 0 saturated carbocycles. The molecule has 2 atom stereocenters. The van der Waals surface area contributed by atoms with Crippen molar-refractivity contribution in [1.29, 1.82) is 0 Å². The number of rotatable bonds is 2. The first kappa shape index (κ1) is 13.9. The van der Waals surface area contributed by atoms with E-state index in [-0.39, 0.29) is 17.0 Å². The number of halogens is 1. The van der Waals surface area contributed by atoms with Gasteiger partial charge in [0.2, 0.25) is 14.2 Å². The monoisotopic (exact) mass is 306 g/mol. The van der Waals surface area contributed by atoms with Crippen molar-refractivity contribution in [1.82, 2.24) is 4.90 Å². The highest BCUT2D eigenvalue weighted by Crippen LogP contribution is 2.40. The van der Waals surface area contributed by atoms with Gasteiger partial charge >= 0.3 is 5.97 Å². The molecule has 1 fully saturated rings. The maximum Gasteiger partial charge on any atom is 0.343 e. The average Bonchev–Trinajstić information content (AvgIpc) is 2.25. The number of fused-ring (bicyclic) bond motifs is 1. The summed E-state index contributed by atoms with van der Waals surface area (Å²) in [5, 5.41) is 0.170. The third kappa shape index (κ3) is 2.32. The minimum Gasteiger partial charge on any atom is -0.515 e. The van der Waals surface area contributed by atoms with Gasteiger partial charge < -0.3 is 10.2 Å².